The topological polar surface area (TPSA) is 43.1 Å². The van der Waals surface area contributed by atoms with Crippen molar-refractivity contribution in [2.45, 2.75) is 0 Å². The van der Waals surface area contributed by atoms with Crippen LogP contribution >= 0.6 is 0 Å². The monoisotopic (exact) mass is 329 g/mol. The van der Waals surface area contributed by atoms with Gasteiger partial charge in [-0.2, -0.15) is 0 Å². The van der Waals surface area contributed by atoms with Crippen molar-refractivity contribution in [3.05, 3.63) is 93.5 Å². The summed E-state index contributed by atoms with van der Waals surface area (Å²) in [6.07, 6.45) is 17.5. The number of benzene rings is 1. The predicted molar refractivity (Wildman–Crippen MR) is 84.9 cm³/mol. The van der Waals surface area contributed by atoms with E-state index in [1.54, 1.807) is 24.3 Å². The molecule has 0 atom stereocenters. The molecule has 1 aromatic carbocycles. The summed E-state index contributed by atoms with van der Waals surface area (Å²) in [5.41, 5.74) is 6.73. The van der Waals surface area contributed by atoms with Crippen LogP contribution in [0.25, 0.3) is 0 Å². The minimum atomic E-state index is -0.193. The molecule has 0 heterocycles. The molecule has 2 nitrogen and oxygen atoms in total. The maximum atomic E-state index is 11.6. The van der Waals surface area contributed by atoms with Crippen molar-refractivity contribution in [2.75, 3.05) is 5.73 Å². The Hall–Kier alpha value is -1.23. The van der Waals surface area contributed by atoms with Gasteiger partial charge in [0.25, 0.3) is 0 Å². The Kier molecular flexibility index (Phi) is 8.97. The fraction of sp³-hybridized carbons (Fsp3) is 0. The maximum Gasteiger partial charge on any atom is 2.00 e. The van der Waals surface area contributed by atoms with Crippen LogP contribution in [0.5, 0.6) is 0 Å². The van der Waals surface area contributed by atoms with Gasteiger partial charge >= 0.3 is 17.1 Å². The van der Waals surface area contributed by atoms with E-state index in [1.165, 1.54) is 0 Å². The van der Waals surface area contributed by atoms with Crippen molar-refractivity contribution in [1.82, 2.24) is 0 Å². The van der Waals surface area contributed by atoms with Gasteiger partial charge in [0.05, 0.1) is 5.92 Å². The summed E-state index contributed by atoms with van der Waals surface area (Å²) >= 11 is 0. The van der Waals surface area contributed by atoms with E-state index in [1.807, 2.05) is 57.8 Å². The number of rotatable bonds is 1. The molecule has 3 heteroatoms. The molecule has 3 rings (SSSR count). The Balaban J connectivity index is 0.000000344. The van der Waals surface area contributed by atoms with Gasteiger partial charge in [-0.3, -0.25) is 4.79 Å². The maximum absolute atomic E-state index is 11.6. The molecule has 2 N–H and O–H groups in total. The number of nitrogens with two attached hydrogens (primary N) is 1. The van der Waals surface area contributed by atoms with Crippen molar-refractivity contribution in [3.8, 4) is 11.8 Å². The summed E-state index contributed by atoms with van der Waals surface area (Å²) in [7, 11) is 0. The first-order valence-electron chi connectivity index (χ1n) is 6.56. The number of Topliss-reactive ketones (excluding diaryl/α,β-unsaturated/α-hetero) is 1. The molecule has 2 aliphatic rings. The van der Waals surface area contributed by atoms with E-state index in [4.69, 9.17) is 5.73 Å². The molecule has 108 valence electrons. The van der Waals surface area contributed by atoms with E-state index in [0.717, 1.165) is 5.92 Å². The van der Waals surface area contributed by atoms with Crippen LogP contribution in [0.2, 0.25) is 0 Å². The smallest absolute Gasteiger partial charge is 0.399 e. The molecule has 10 radical (unpaired) electrons. The first-order valence-corrected chi connectivity index (χ1v) is 6.56. The standard InChI is InChI=1S/C14H10NO.C5H5.Fe/c15-13-8-6-12(7-9-13)14(16)10-5-11-3-1-2-4-11;1-2-4-5-3-1;/h1-4,6-9H,15H2;1-5H;/q;;+2. The van der Waals surface area contributed by atoms with Crippen LogP contribution in [0.4, 0.5) is 5.69 Å². The molecule has 0 aromatic heterocycles. The Morgan fingerprint density at radius 2 is 1.32 bits per heavy atom. The third-order valence-corrected chi connectivity index (χ3v) is 2.71. The molecule has 1 aromatic rings. The van der Waals surface area contributed by atoms with Crippen molar-refractivity contribution in [2.24, 2.45) is 0 Å². The van der Waals surface area contributed by atoms with Crippen LogP contribution in [0, 0.1) is 75.5 Å². The second-order valence-electron chi connectivity index (χ2n) is 4.34. The van der Waals surface area contributed by atoms with Crippen molar-refractivity contribution in [1.29, 1.82) is 0 Å². The average Bonchev–Trinajstić information content (AvgIpc) is 3.21. The van der Waals surface area contributed by atoms with E-state index < -0.39 is 0 Å². The van der Waals surface area contributed by atoms with Gasteiger partial charge < -0.3 is 5.73 Å². The van der Waals surface area contributed by atoms with Gasteiger partial charge in [0.1, 0.15) is 0 Å². The van der Waals surface area contributed by atoms with Crippen molar-refractivity contribution in [3.63, 3.8) is 0 Å². The first-order chi connectivity index (χ1) is 10.3. The number of ketones is 1. The fourth-order valence-electron chi connectivity index (χ4n) is 1.61. The third-order valence-electron chi connectivity index (χ3n) is 2.71. The molecule has 0 saturated heterocycles. The Morgan fingerprint density at radius 3 is 1.82 bits per heavy atom. The zero-order chi connectivity index (χ0) is 14.9. The number of hydrogen-bond donors (Lipinski definition) is 1. The van der Waals surface area contributed by atoms with Crippen LogP contribution < -0.4 is 5.73 Å². The largest absolute Gasteiger partial charge is 2.00 e. The molecule has 2 fully saturated rings. The zero-order valence-corrected chi connectivity index (χ0v) is 12.9. The van der Waals surface area contributed by atoms with E-state index in [-0.39, 0.29) is 22.9 Å². The first kappa shape index (κ1) is 18.8. The van der Waals surface area contributed by atoms with E-state index in [0.29, 0.717) is 11.3 Å². The molecular formula is C19H15FeNO+2. The van der Waals surface area contributed by atoms with Gasteiger partial charge in [0, 0.05) is 11.3 Å². The van der Waals surface area contributed by atoms with Gasteiger partial charge in [0.2, 0.25) is 5.78 Å². The third kappa shape index (κ3) is 6.69. The molecule has 0 aliphatic heterocycles. The minimum Gasteiger partial charge on any atom is -0.399 e. The van der Waals surface area contributed by atoms with Crippen LogP contribution in [0.3, 0.4) is 0 Å². The van der Waals surface area contributed by atoms with Crippen molar-refractivity contribution < 1.29 is 21.9 Å². The molecule has 0 spiro atoms. The van der Waals surface area contributed by atoms with E-state index >= 15 is 0 Å². The second-order valence-corrected chi connectivity index (χ2v) is 4.34. The molecule has 2 saturated carbocycles. The van der Waals surface area contributed by atoms with Gasteiger partial charge in [-0.25, -0.2) is 0 Å². The minimum absolute atomic E-state index is 0. The Labute approximate surface area is 144 Å². The number of carbonyl (C=O) groups is 1. The summed E-state index contributed by atoms with van der Waals surface area (Å²) in [4.78, 5) is 11.6. The second kappa shape index (κ2) is 10.5. The predicted octanol–water partition coefficient (Wildman–Crippen LogP) is 2.88. The SMILES string of the molecule is Nc1ccc(C(=O)C#C[C]2[CH][CH][CH][CH]2)cc1.[CH]1[CH][CH][CH][CH]1.[Fe+2]. The molecule has 2 aliphatic carbocycles. The van der Waals surface area contributed by atoms with Gasteiger partial charge in [-0.1, -0.05) is 5.92 Å². The zero-order valence-electron chi connectivity index (χ0n) is 11.8. The van der Waals surface area contributed by atoms with Gasteiger partial charge in [-0.15, -0.1) is 0 Å². The quantitative estimate of drug-likeness (QED) is 0.283. The Bertz CT molecular complexity index is 495. The van der Waals surface area contributed by atoms with Crippen molar-refractivity contribution >= 4 is 11.5 Å². The van der Waals surface area contributed by atoms with Crippen LogP contribution in [-0.2, 0) is 17.1 Å². The number of anilines is 1. The summed E-state index contributed by atoms with van der Waals surface area (Å²) < 4.78 is 0. The van der Waals surface area contributed by atoms with Gasteiger partial charge in [-0.05, 0) is 88.0 Å². The number of hydrogen-bond acceptors (Lipinski definition) is 2. The summed E-state index contributed by atoms with van der Waals surface area (Å²) in [5, 5.41) is 0. The normalized spacial score (nSPS) is 16.7. The van der Waals surface area contributed by atoms with Crippen LogP contribution in [0.1, 0.15) is 10.4 Å². The average molecular weight is 329 g/mol. The number of nitrogen functional groups attached to an aromatic ring is 1. The van der Waals surface area contributed by atoms with Gasteiger partial charge in [0.15, 0.2) is 0 Å². The molecular weight excluding hydrogens is 314 g/mol. The molecule has 22 heavy (non-hydrogen) atoms. The Morgan fingerprint density at radius 1 is 0.818 bits per heavy atom. The molecule has 0 amide bonds. The van der Waals surface area contributed by atoms with E-state index in [2.05, 4.69) is 11.8 Å². The number of carbonyl (C=O) groups excluding carboxylic acids is 1. The fourth-order valence-corrected chi connectivity index (χ4v) is 1.61. The summed E-state index contributed by atoms with van der Waals surface area (Å²) in [5.74, 6) is 6.06. The van der Waals surface area contributed by atoms with E-state index in [9.17, 15) is 4.79 Å². The molecule has 0 unspecified atom stereocenters. The molecule has 0 bridgehead atoms. The van der Waals surface area contributed by atoms with Crippen LogP contribution in [0.15, 0.2) is 24.3 Å². The van der Waals surface area contributed by atoms with Crippen LogP contribution in [-0.4, -0.2) is 5.78 Å². The summed E-state index contributed by atoms with van der Waals surface area (Å²) in [6.45, 7) is 0. The summed E-state index contributed by atoms with van der Waals surface area (Å²) in [6, 6.07) is 6.74.